The SMILES string of the molecule is O=C(NCC1CCCCC1)c1ccccc1NCc1cn2ccccc2n1. The van der Waals surface area contributed by atoms with Crippen LogP contribution in [0.5, 0.6) is 0 Å². The largest absolute Gasteiger partial charge is 0.379 e. The Kier molecular flexibility index (Phi) is 5.37. The van der Waals surface area contributed by atoms with Crippen LogP contribution in [-0.2, 0) is 6.54 Å². The Morgan fingerprint density at radius 3 is 2.74 bits per heavy atom. The minimum absolute atomic E-state index is 0.00123. The van der Waals surface area contributed by atoms with Crippen molar-refractivity contribution in [3.8, 4) is 0 Å². The van der Waals surface area contributed by atoms with Gasteiger partial charge in [-0.05, 0) is 43.0 Å². The molecule has 0 unspecified atom stereocenters. The van der Waals surface area contributed by atoms with Crippen LogP contribution in [-0.4, -0.2) is 21.8 Å². The number of amides is 1. The standard InChI is InChI=1S/C22H26N4O/c27-22(24-14-17-8-2-1-3-9-17)19-10-4-5-11-20(19)23-15-18-16-26-13-7-6-12-21(26)25-18/h4-7,10-13,16-17,23H,1-3,8-9,14-15H2,(H,24,27). The van der Waals surface area contributed by atoms with Crippen molar-refractivity contribution >= 4 is 17.2 Å². The van der Waals surface area contributed by atoms with Crippen molar-refractivity contribution in [1.29, 1.82) is 0 Å². The number of hydrogen-bond acceptors (Lipinski definition) is 3. The average molecular weight is 362 g/mol. The Labute approximate surface area is 159 Å². The number of nitrogens with zero attached hydrogens (tertiary/aromatic N) is 2. The van der Waals surface area contributed by atoms with Crippen molar-refractivity contribution in [3.63, 3.8) is 0 Å². The van der Waals surface area contributed by atoms with Gasteiger partial charge in [-0.1, -0.05) is 37.5 Å². The Morgan fingerprint density at radius 1 is 1.07 bits per heavy atom. The summed E-state index contributed by atoms with van der Waals surface area (Å²) < 4.78 is 2.00. The van der Waals surface area contributed by atoms with Gasteiger partial charge in [0.25, 0.3) is 5.91 Å². The molecule has 0 atom stereocenters. The number of pyridine rings is 1. The second-order valence-electron chi connectivity index (χ2n) is 7.31. The molecule has 0 bridgehead atoms. The fraction of sp³-hybridized carbons (Fsp3) is 0.364. The van der Waals surface area contributed by atoms with Gasteiger partial charge in [0, 0.05) is 24.6 Å². The molecule has 2 N–H and O–H groups in total. The Balaban J connectivity index is 1.40. The van der Waals surface area contributed by atoms with Gasteiger partial charge in [-0.2, -0.15) is 0 Å². The number of aromatic nitrogens is 2. The van der Waals surface area contributed by atoms with Crippen LogP contribution in [0, 0.1) is 5.92 Å². The van der Waals surface area contributed by atoms with Gasteiger partial charge in [-0.15, -0.1) is 0 Å². The third-order valence-electron chi connectivity index (χ3n) is 5.32. The molecule has 5 nitrogen and oxygen atoms in total. The topological polar surface area (TPSA) is 58.4 Å². The number of fused-ring (bicyclic) bond motifs is 1. The minimum Gasteiger partial charge on any atom is -0.379 e. The molecule has 0 radical (unpaired) electrons. The number of hydrogen-bond donors (Lipinski definition) is 2. The van der Waals surface area contributed by atoms with E-state index in [-0.39, 0.29) is 5.91 Å². The predicted octanol–water partition coefficient (Wildman–Crippen LogP) is 4.26. The zero-order chi connectivity index (χ0) is 18.5. The summed E-state index contributed by atoms with van der Waals surface area (Å²) in [5.41, 5.74) is 3.40. The maximum atomic E-state index is 12.7. The van der Waals surface area contributed by atoms with Crippen LogP contribution in [0.2, 0.25) is 0 Å². The molecule has 0 aliphatic heterocycles. The van der Waals surface area contributed by atoms with E-state index in [4.69, 9.17) is 0 Å². The lowest BCUT2D eigenvalue weighted by Crippen LogP contribution is -2.30. The highest BCUT2D eigenvalue weighted by Gasteiger charge is 2.16. The Hall–Kier alpha value is -2.82. The van der Waals surface area contributed by atoms with E-state index in [2.05, 4.69) is 15.6 Å². The smallest absolute Gasteiger partial charge is 0.253 e. The lowest BCUT2D eigenvalue weighted by Gasteiger charge is -2.22. The lowest BCUT2D eigenvalue weighted by atomic mass is 9.89. The van der Waals surface area contributed by atoms with Crippen LogP contribution in [0.3, 0.4) is 0 Å². The zero-order valence-electron chi connectivity index (χ0n) is 15.5. The molecule has 1 aliphatic carbocycles. The quantitative estimate of drug-likeness (QED) is 0.689. The van der Waals surface area contributed by atoms with Crippen molar-refractivity contribution in [1.82, 2.24) is 14.7 Å². The molecule has 1 saturated carbocycles. The van der Waals surface area contributed by atoms with Gasteiger partial charge >= 0.3 is 0 Å². The molecule has 1 fully saturated rings. The van der Waals surface area contributed by atoms with Crippen LogP contribution in [0.25, 0.3) is 5.65 Å². The van der Waals surface area contributed by atoms with Crippen LogP contribution < -0.4 is 10.6 Å². The Morgan fingerprint density at radius 2 is 1.89 bits per heavy atom. The first kappa shape index (κ1) is 17.6. The van der Waals surface area contributed by atoms with E-state index in [1.54, 1.807) is 0 Å². The summed E-state index contributed by atoms with van der Waals surface area (Å²) in [6.45, 7) is 1.36. The van der Waals surface area contributed by atoms with E-state index in [1.165, 1.54) is 32.1 Å². The summed E-state index contributed by atoms with van der Waals surface area (Å²) in [4.78, 5) is 17.3. The molecule has 1 amide bonds. The molecule has 1 aliphatic rings. The summed E-state index contributed by atoms with van der Waals surface area (Å²) in [7, 11) is 0. The van der Waals surface area contributed by atoms with Crippen molar-refractivity contribution < 1.29 is 4.79 Å². The molecule has 0 spiro atoms. The van der Waals surface area contributed by atoms with Crippen molar-refractivity contribution in [2.24, 2.45) is 5.92 Å². The summed E-state index contributed by atoms with van der Waals surface area (Å²) in [5.74, 6) is 0.625. The van der Waals surface area contributed by atoms with Crippen molar-refractivity contribution in [2.45, 2.75) is 38.6 Å². The third kappa shape index (κ3) is 4.30. The minimum atomic E-state index is -0.00123. The first-order valence-corrected chi connectivity index (χ1v) is 9.83. The number of carbonyl (C=O) groups excluding carboxylic acids is 1. The fourth-order valence-corrected chi connectivity index (χ4v) is 3.82. The zero-order valence-corrected chi connectivity index (χ0v) is 15.5. The summed E-state index contributed by atoms with van der Waals surface area (Å²) in [6, 6.07) is 13.6. The highest BCUT2D eigenvalue weighted by atomic mass is 16.1. The highest BCUT2D eigenvalue weighted by molar-refractivity contribution is 5.99. The molecule has 27 heavy (non-hydrogen) atoms. The van der Waals surface area contributed by atoms with E-state index in [1.807, 2.05) is 59.3 Å². The molecular weight excluding hydrogens is 336 g/mol. The van der Waals surface area contributed by atoms with Gasteiger partial charge in [0.05, 0.1) is 17.8 Å². The monoisotopic (exact) mass is 362 g/mol. The highest BCUT2D eigenvalue weighted by Crippen LogP contribution is 2.23. The summed E-state index contributed by atoms with van der Waals surface area (Å²) in [6.07, 6.45) is 10.4. The summed E-state index contributed by atoms with van der Waals surface area (Å²) in [5, 5.41) is 6.50. The molecule has 2 heterocycles. The first-order chi connectivity index (χ1) is 13.3. The van der Waals surface area contributed by atoms with Gasteiger partial charge in [-0.25, -0.2) is 4.98 Å². The third-order valence-corrected chi connectivity index (χ3v) is 5.32. The molecule has 0 saturated heterocycles. The molecule has 140 valence electrons. The van der Waals surface area contributed by atoms with Gasteiger partial charge in [0.1, 0.15) is 5.65 Å². The number of imidazole rings is 1. The van der Waals surface area contributed by atoms with E-state index >= 15 is 0 Å². The van der Waals surface area contributed by atoms with Gasteiger partial charge in [0.15, 0.2) is 0 Å². The number of benzene rings is 1. The van der Waals surface area contributed by atoms with E-state index in [0.717, 1.165) is 23.6 Å². The van der Waals surface area contributed by atoms with E-state index < -0.39 is 0 Å². The number of rotatable bonds is 6. The molecule has 1 aromatic carbocycles. The predicted molar refractivity (Wildman–Crippen MR) is 108 cm³/mol. The maximum Gasteiger partial charge on any atom is 0.253 e. The van der Waals surface area contributed by atoms with Crippen LogP contribution in [0.4, 0.5) is 5.69 Å². The Bertz CT molecular complexity index is 878. The normalized spacial score (nSPS) is 15.0. The molecule has 2 aromatic heterocycles. The molecule has 5 heteroatoms. The molecule has 3 aromatic rings. The number of carbonyl (C=O) groups is 1. The number of anilines is 1. The summed E-state index contributed by atoms with van der Waals surface area (Å²) >= 11 is 0. The fourth-order valence-electron chi connectivity index (χ4n) is 3.82. The van der Waals surface area contributed by atoms with Crippen LogP contribution in [0.15, 0.2) is 54.9 Å². The first-order valence-electron chi connectivity index (χ1n) is 9.83. The maximum absolute atomic E-state index is 12.7. The van der Waals surface area contributed by atoms with Gasteiger partial charge in [0.2, 0.25) is 0 Å². The second-order valence-corrected chi connectivity index (χ2v) is 7.31. The van der Waals surface area contributed by atoms with Crippen LogP contribution >= 0.6 is 0 Å². The average Bonchev–Trinajstić information content (AvgIpc) is 3.14. The van der Waals surface area contributed by atoms with E-state index in [9.17, 15) is 4.79 Å². The van der Waals surface area contributed by atoms with Crippen molar-refractivity contribution in [2.75, 3.05) is 11.9 Å². The number of nitrogens with one attached hydrogen (secondary N) is 2. The second kappa shape index (κ2) is 8.25. The molecule has 4 rings (SSSR count). The van der Waals surface area contributed by atoms with Gasteiger partial charge < -0.3 is 15.0 Å². The van der Waals surface area contributed by atoms with E-state index in [0.29, 0.717) is 18.0 Å². The van der Waals surface area contributed by atoms with Crippen LogP contribution in [0.1, 0.15) is 48.2 Å². The van der Waals surface area contributed by atoms with Crippen molar-refractivity contribution in [3.05, 3.63) is 66.1 Å². The lowest BCUT2D eigenvalue weighted by molar-refractivity contribution is 0.0944. The molecular formula is C22H26N4O. The van der Waals surface area contributed by atoms with Gasteiger partial charge in [-0.3, -0.25) is 4.79 Å². The number of para-hydroxylation sites is 1.